The van der Waals surface area contributed by atoms with Crippen LogP contribution in [0.5, 0.6) is 0 Å². The fourth-order valence-corrected chi connectivity index (χ4v) is 2.58. The van der Waals surface area contributed by atoms with Crippen molar-refractivity contribution >= 4 is 5.82 Å². The molecular formula is C13H21N3O. The number of anilines is 1. The molecule has 0 atom stereocenters. The summed E-state index contributed by atoms with van der Waals surface area (Å²) in [6, 6.07) is 2.54. The fraction of sp³-hybridized carbons (Fsp3) is 0.692. The van der Waals surface area contributed by atoms with Crippen molar-refractivity contribution in [1.82, 2.24) is 9.97 Å². The predicted octanol–water partition coefficient (Wildman–Crippen LogP) is 1.92. The first kappa shape index (κ1) is 12.3. The Hall–Kier alpha value is -1.16. The minimum absolute atomic E-state index is 0.180. The zero-order chi connectivity index (χ0) is 12.1. The molecule has 0 amide bonds. The van der Waals surface area contributed by atoms with E-state index in [-0.39, 0.29) is 6.61 Å². The average Bonchev–Trinajstić information content (AvgIpc) is 2.37. The first-order chi connectivity index (χ1) is 8.31. The molecule has 17 heavy (non-hydrogen) atoms. The van der Waals surface area contributed by atoms with Crippen LogP contribution >= 0.6 is 0 Å². The van der Waals surface area contributed by atoms with E-state index in [2.05, 4.69) is 14.9 Å². The number of rotatable bonds is 4. The van der Waals surface area contributed by atoms with Gasteiger partial charge < -0.3 is 10.0 Å². The number of aliphatic hydroxyl groups is 1. The second-order valence-corrected chi connectivity index (χ2v) is 4.73. The number of aromatic nitrogens is 2. The van der Waals surface area contributed by atoms with Crippen LogP contribution in [-0.4, -0.2) is 34.3 Å². The first-order valence-electron chi connectivity index (χ1n) is 6.47. The van der Waals surface area contributed by atoms with E-state index in [1.54, 1.807) is 6.33 Å². The van der Waals surface area contributed by atoms with Gasteiger partial charge in [-0.05, 0) is 19.8 Å². The number of nitrogens with zero attached hydrogens (tertiary/aromatic N) is 3. The van der Waals surface area contributed by atoms with Crippen LogP contribution in [0.1, 0.15) is 37.8 Å². The van der Waals surface area contributed by atoms with E-state index in [1.165, 1.54) is 32.1 Å². The molecule has 4 nitrogen and oxygen atoms in total. The van der Waals surface area contributed by atoms with Crippen molar-refractivity contribution in [2.24, 2.45) is 0 Å². The maximum Gasteiger partial charge on any atom is 0.132 e. The highest BCUT2D eigenvalue weighted by atomic mass is 16.3. The maximum atomic E-state index is 9.21. The SMILES string of the molecule is Cc1cc(N(CCO)C2CCCCC2)ncn1. The van der Waals surface area contributed by atoms with Crippen molar-refractivity contribution in [3.8, 4) is 0 Å². The van der Waals surface area contributed by atoms with Crippen LogP contribution in [0.2, 0.25) is 0 Å². The molecule has 0 radical (unpaired) electrons. The van der Waals surface area contributed by atoms with Crippen molar-refractivity contribution in [2.45, 2.75) is 45.1 Å². The van der Waals surface area contributed by atoms with E-state index in [0.29, 0.717) is 12.6 Å². The van der Waals surface area contributed by atoms with Crippen LogP contribution in [0.15, 0.2) is 12.4 Å². The zero-order valence-electron chi connectivity index (χ0n) is 10.5. The van der Waals surface area contributed by atoms with Gasteiger partial charge in [0.1, 0.15) is 12.1 Å². The van der Waals surface area contributed by atoms with Gasteiger partial charge in [-0.1, -0.05) is 19.3 Å². The monoisotopic (exact) mass is 235 g/mol. The van der Waals surface area contributed by atoms with Gasteiger partial charge in [-0.25, -0.2) is 9.97 Å². The van der Waals surface area contributed by atoms with Crippen LogP contribution in [0, 0.1) is 6.92 Å². The molecule has 1 N–H and O–H groups in total. The molecule has 2 rings (SSSR count). The van der Waals surface area contributed by atoms with Gasteiger partial charge in [-0.15, -0.1) is 0 Å². The van der Waals surface area contributed by atoms with E-state index in [0.717, 1.165) is 11.5 Å². The molecule has 1 aliphatic carbocycles. The molecule has 0 saturated heterocycles. The van der Waals surface area contributed by atoms with Crippen LogP contribution in [0.4, 0.5) is 5.82 Å². The van der Waals surface area contributed by atoms with E-state index in [9.17, 15) is 5.11 Å². The minimum Gasteiger partial charge on any atom is -0.395 e. The highest BCUT2D eigenvalue weighted by molar-refractivity contribution is 5.40. The topological polar surface area (TPSA) is 49.2 Å². The van der Waals surface area contributed by atoms with Crippen molar-refractivity contribution in [1.29, 1.82) is 0 Å². The Kier molecular flexibility index (Phi) is 4.31. The van der Waals surface area contributed by atoms with E-state index >= 15 is 0 Å². The summed E-state index contributed by atoms with van der Waals surface area (Å²) in [7, 11) is 0. The summed E-state index contributed by atoms with van der Waals surface area (Å²) in [4.78, 5) is 10.7. The van der Waals surface area contributed by atoms with Gasteiger partial charge in [0.15, 0.2) is 0 Å². The average molecular weight is 235 g/mol. The molecule has 4 heteroatoms. The molecule has 0 aromatic carbocycles. The quantitative estimate of drug-likeness (QED) is 0.866. The highest BCUT2D eigenvalue weighted by Gasteiger charge is 2.21. The van der Waals surface area contributed by atoms with Crippen LogP contribution in [0.25, 0.3) is 0 Å². The number of hydrogen-bond acceptors (Lipinski definition) is 4. The number of aliphatic hydroxyl groups excluding tert-OH is 1. The Bertz CT molecular complexity index is 350. The summed E-state index contributed by atoms with van der Waals surface area (Å²) < 4.78 is 0. The number of aryl methyl sites for hydroxylation is 1. The summed E-state index contributed by atoms with van der Waals surface area (Å²) >= 11 is 0. The lowest BCUT2D eigenvalue weighted by atomic mass is 9.94. The third kappa shape index (κ3) is 3.16. The Balaban J connectivity index is 2.15. The van der Waals surface area contributed by atoms with Crippen molar-refractivity contribution < 1.29 is 5.11 Å². The van der Waals surface area contributed by atoms with E-state index in [4.69, 9.17) is 0 Å². The lowest BCUT2D eigenvalue weighted by molar-refractivity contribution is 0.289. The van der Waals surface area contributed by atoms with Crippen molar-refractivity contribution in [3.05, 3.63) is 18.1 Å². The number of hydrogen-bond donors (Lipinski definition) is 1. The fourth-order valence-electron chi connectivity index (χ4n) is 2.58. The highest BCUT2D eigenvalue weighted by Crippen LogP contribution is 2.25. The lowest BCUT2D eigenvalue weighted by Gasteiger charge is -2.34. The third-order valence-electron chi connectivity index (χ3n) is 3.44. The molecule has 0 bridgehead atoms. The second-order valence-electron chi connectivity index (χ2n) is 4.73. The molecule has 0 spiro atoms. The van der Waals surface area contributed by atoms with Crippen molar-refractivity contribution in [3.63, 3.8) is 0 Å². The molecule has 1 aromatic rings. The standard InChI is InChI=1S/C13H21N3O/c1-11-9-13(15-10-14-11)16(7-8-17)12-5-3-2-4-6-12/h9-10,12,17H,2-8H2,1H3. The normalized spacial score (nSPS) is 17.1. The van der Waals surface area contributed by atoms with E-state index in [1.807, 2.05) is 13.0 Å². The molecule has 1 saturated carbocycles. The Labute approximate surface area is 103 Å². The summed E-state index contributed by atoms with van der Waals surface area (Å²) in [5, 5.41) is 9.21. The van der Waals surface area contributed by atoms with Gasteiger partial charge in [0, 0.05) is 24.3 Å². The minimum atomic E-state index is 0.180. The van der Waals surface area contributed by atoms with Crippen LogP contribution in [0.3, 0.4) is 0 Å². The molecule has 94 valence electrons. The summed E-state index contributed by atoms with van der Waals surface area (Å²) in [5.74, 6) is 0.957. The summed E-state index contributed by atoms with van der Waals surface area (Å²) in [5.41, 5.74) is 0.980. The Morgan fingerprint density at radius 2 is 2.06 bits per heavy atom. The molecule has 0 aliphatic heterocycles. The maximum absolute atomic E-state index is 9.21. The molecule has 0 unspecified atom stereocenters. The van der Waals surface area contributed by atoms with Crippen LogP contribution < -0.4 is 4.90 Å². The molecule has 1 heterocycles. The largest absolute Gasteiger partial charge is 0.395 e. The Morgan fingerprint density at radius 3 is 2.71 bits per heavy atom. The summed E-state index contributed by atoms with van der Waals surface area (Å²) in [6.07, 6.45) is 7.95. The lowest BCUT2D eigenvalue weighted by Crippen LogP contribution is -2.39. The molecule has 1 aliphatic rings. The van der Waals surface area contributed by atoms with Crippen molar-refractivity contribution in [2.75, 3.05) is 18.1 Å². The van der Waals surface area contributed by atoms with Gasteiger partial charge in [0.05, 0.1) is 6.61 Å². The predicted molar refractivity (Wildman–Crippen MR) is 68.1 cm³/mol. The van der Waals surface area contributed by atoms with E-state index < -0.39 is 0 Å². The molecular weight excluding hydrogens is 214 g/mol. The van der Waals surface area contributed by atoms with Gasteiger partial charge in [-0.3, -0.25) is 0 Å². The smallest absolute Gasteiger partial charge is 0.132 e. The molecule has 1 aromatic heterocycles. The third-order valence-corrected chi connectivity index (χ3v) is 3.44. The van der Waals surface area contributed by atoms with Gasteiger partial charge in [0.2, 0.25) is 0 Å². The Morgan fingerprint density at radius 1 is 1.29 bits per heavy atom. The van der Waals surface area contributed by atoms with Gasteiger partial charge >= 0.3 is 0 Å². The van der Waals surface area contributed by atoms with Gasteiger partial charge in [-0.2, -0.15) is 0 Å². The zero-order valence-corrected chi connectivity index (χ0v) is 10.5. The van der Waals surface area contributed by atoms with Crippen LogP contribution in [-0.2, 0) is 0 Å². The molecule has 1 fully saturated rings. The second kappa shape index (κ2) is 5.96. The summed E-state index contributed by atoms with van der Waals surface area (Å²) in [6.45, 7) is 2.82. The van der Waals surface area contributed by atoms with Gasteiger partial charge in [0.25, 0.3) is 0 Å². The first-order valence-corrected chi connectivity index (χ1v) is 6.47.